The van der Waals surface area contributed by atoms with Crippen LogP contribution in [0.25, 0.3) is 0 Å². The first-order valence-corrected chi connectivity index (χ1v) is 6.75. The van der Waals surface area contributed by atoms with Crippen LogP contribution in [0.1, 0.15) is 32.1 Å². The molecule has 2 aliphatic rings. The van der Waals surface area contributed by atoms with Crippen LogP contribution in [-0.4, -0.2) is 48.2 Å². The standard InChI is InChI=1S/C13H21NO4/c15-12(16)9-10-1-5-14(6-2-10)13(17)11-3-7-18-8-4-11/h10-11H,1-9H2,(H,15,16). The quantitative estimate of drug-likeness (QED) is 0.821. The number of ether oxygens (including phenoxy) is 1. The van der Waals surface area contributed by atoms with Crippen LogP contribution >= 0.6 is 0 Å². The highest BCUT2D eigenvalue weighted by atomic mass is 16.5. The van der Waals surface area contributed by atoms with Crippen molar-refractivity contribution in [2.45, 2.75) is 32.1 Å². The van der Waals surface area contributed by atoms with E-state index in [-0.39, 0.29) is 24.2 Å². The lowest BCUT2D eigenvalue weighted by molar-refractivity contribution is -0.141. The third-order valence-corrected chi connectivity index (χ3v) is 3.96. The predicted octanol–water partition coefficient (Wildman–Crippen LogP) is 1.13. The molecule has 0 atom stereocenters. The van der Waals surface area contributed by atoms with Crippen molar-refractivity contribution in [3.8, 4) is 0 Å². The highest BCUT2D eigenvalue weighted by Gasteiger charge is 2.29. The molecule has 5 heteroatoms. The molecular formula is C13H21NO4. The van der Waals surface area contributed by atoms with Gasteiger partial charge in [-0.2, -0.15) is 0 Å². The number of aliphatic carboxylic acids is 1. The second-order valence-electron chi connectivity index (χ2n) is 5.25. The predicted molar refractivity (Wildman–Crippen MR) is 65.1 cm³/mol. The van der Waals surface area contributed by atoms with E-state index in [4.69, 9.17) is 9.84 Å². The fraction of sp³-hybridized carbons (Fsp3) is 0.846. The summed E-state index contributed by atoms with van der Waals surface area (Å²) in [7, 11) is 0. The molecule has 1 N–H and O–H groups in total. The summed E-state index contributed by atoms with van der Waals surface area (Å²) < 4.78 is 5.26. The number of carbonyl (C=O) groups excluding carboxylic acids is 1. The number of piperidine rings is 1. The summed E-state index contributed by atoms with van der Waals surface area (Å²) in [6.45, 7) is 2.81. The molecule has 0 unspecified atom stereocenters. The minimum atomic E-state index is -0.732. The molecule has 2 rings (SSSR count). The number of hydrogen-bond donors (Lipinski definition) is 1. The maximum atomic E-state index is 12.2. The van der Waals surface area contributed by atoms with Crippen LogP contribution in [0.3, 0.4) is 0 Å². The van der Waals surface area contributed by atoms with Crippen LogP contribution in [0.4, 0.5) is 0 Å². The van der Waals surface area contributed by atoms with Gasteiger partial charge in [0.25, 0.3) is 0 Å². The topological polar surface area (TPSA) is 66.8 Å². The number of rotatable bonds is 3. The van der Waals surface area contributed by atoms with Crippen LogP contribution in [0.2, 0.25) is 0 Å². The van der Waals surface area contributed by atoms with Crippen LogP contribution in [0, 0.1) is 11.8 Å². The molecule has 1 amide bonds. The lowest BCUT2D eigenvalue weighted by Gasteiger charge is -2.34. The van der Waals surface area contributed by atoms with Gasteiger partial charge in [0.2, 0.25) is 5.91 Å². The SMILES string of the molecule is O=C(O)CC1CCN(C(=O)C2CCOCC2)CC1. The molecule has 0 aliphatic carbocycles. The largest absolute Gasteiger partial charge is 0.481 e. The Morgan fingerprint density at radius 2 is 1.72 bits per heavy atom. The van der Waals surface area contributed by atoms with E-state index in [1.807, 2.05) is 4.90 Å². The summed E-state index contributed by atoms with van der Waals surface area (Å²) in [5.74, 6) is -0.132. The van der Waals surface area contributed by atoms with Gasteiger partial charge in [0.05, 0.1) is 0 Å². The maximum Gasteiger partial charge on any atom is 0.303 e. The molecule has 2 aliphatic heterocycles. The van der Waals surface area contributed by atoms with Crippen molar-refractivity contribution in [1.82, 2.24) is 4.90 Å². The van der Waals surface area contributed by atoms with E-state index < -0.39 is 5.97 Å². The zero-order valence-corrected chi connectivity index (χ0v) is 10.6. The van der Waals surface area contributed by atoms with Crippen molar-refractivity contribution in [2.75, 3.05) is 26.3 Å². The number of hydrogen-bond acceptors (Lipinski definition) is 3. The van der Waals surface area contributed by atoms with Crippen molar-refractivity contribution < 1.29 is 19.4 Å². The highest BCUT2D eigenvalue weighted by Crippen LogP contribution is 2.24. The number of carbonyl (C=O) groups is 2. The van der Waals surface area contributed by atoms with Gasteiger partial charge in [-0.25, -0.2) is 0 Å². The summed E-state index contributed by atoms with van der Waals surface area (Å²) in [5, 5.41) is 8.75. The molecule has 2 saturated heterocycles. The van der Waals surface area contributed by atoms with E-state index in [9.17, 15) is 9.59 Å². The first kappa shape index (κ1) is 13.3. The van der Waals surface area contributed by atoms with Gasteiger partial charge in [-0.15, -0.1) is 0 Å². The Bertz CT molecular complexity index is 304. The zero-order valence-electron chi connectivity index (χ0n) is 10.6. The molecule has 5 nitrogen and oxygen atoms in total. The molecule has 0 aromatic rings. The number of carboxylic acids is 1. The van der Waals surface area contributed by atoms with Gasteiger partial charge in [-0.3, -0.25) is 9.59 Å². The van der Waals surface area contributed by atoms with Crippen molar-refractivity contribution in [2.24, 2.45) is 11.8 Å². The van der Waals surface area contributed by atoms with Crippen LogP contribution < -0.4 is 0 Å². The van der Waals surface area contributed by atoms with E-state index >= 15 is 0 Å². The Kier molecular flexibility index (Phi) is 4.58. The maximum absolute atomic E-state index is 12.2. The highest BCUT2D eigenvalue weighted by molar-refractivity contribution is 5.79. The molecular weight excluding hydrogens is 234 g/mol. The molecule has 0 saturated carbocycles. The van der Waals surface area contributed by atoms with E-state index in [0.717, 1.165) is 25.7 Å². The number of carboxylic acid groups (broad SMARTS) is 1. The molecule has 2 heterocycles. The third-order valence-electron chi connectivity index (χ3n) is 3.96. The first-order chi connectivity index (χ1) is 8.66. The normalized spacial score (nSPS) is 23.0. The van der Waals surface area contributed by atoms with Crippen molar-refractivity contribution in [3.63, 3.8) is 0 Å². The van der Waals surface area contributed by atoms with E-state index in [2.05, 4.69) is 0 Å². The summed E-state index contributed by atoms with van der Waals surface area (Å²) >= 11 is 0. The van der Waals surface area contributed by atoms with Gasteiger partial charge in [-0.1, -0.05) is 0 Å². The lowest BCUT2D eigenvalue weighted by Crippen LogP contribution is -2.43. The lowest BCUT2D eigenvalue weighted by atomic mass is 9.91. The molecule has 0 bridgehead atoms. The molecule has 18 heavy (non-hydrogen) atoms. The number of likely N-dealkylation sites (tertiary alicyclic amines) is 1. The van der Waals surface area contributed by atoms with Crippen molar-refractivity contribution in [3.05, 3.63) is 0 Å². The molecule has 0 aromatic heterocycles. The smallest absolute Gasteiger partial charge is 0.303 e. The molecule has 0 spiro atoms. The molecule has 102 valence electrons. The second-order valence-corrected chi connectivity index (χ2v) is 5.25. The molecule has 0 aromatic carbocycles. The van der Waals surface area contributed by atoms with E-state index in [1.165, 1.54) is 0 Å². The fourth-order valence-electron chi connectivity index (χ4n) is 2.81. The Balaban J connectivity index is 1.78. The van der Waals surface area contributed by atoms with Gasteiger partial charge >= 0.3 is 5.97 Å². The van der Waals surface area contributed by atoms with Crippen LogP contribution in [0.15, 0.2) is 0 Å². The minimum Gasteiger partial charge on any atom is -0.481 e. The van der Waals surface area contributed by atoms with Crippen LogP contribution in [-0.2, 0) is 14.3 Å². The Morgan fingerprint density at radius 3 is 2.28 bits per heavy atom. The third kappa shape index (κ3) is 3.45. The number of amides is 1. The average molecular weight is 255 g/mol. The van der Waals surface area contributed by atoms with Crippen molar-refractivity contribution >= 4 is 11.9 Å². The Hall–Kier alpha value is -1.10. The summed E-state index contributed by atoms with van der Waals surface area (Å²) in [6.07, 6.45) is 3.53. The number of nitrogens with zero attached hydrogens (tertiary/aromatic N) is 1. The van der Waals surface area contributed by atoms with Gasteiger partial charge in [0.15, 0.2) is 0 Å². The summed E-state index contributed by atoms with van der Waals surface area (Å²) in [4.78, 5) is 24.8. The van der Waals surface area contributed by atoms with E-state index in [0.29, 0.717) is 26.3 Å². The summed E-state index contributed by atoms with van der Waals surface area (Å²) in [6, 6.07) is 0. The zero-order chi connectivity index (χ0) is 13.0. The molecule has 2 fully saturated rings. The van der Waals surface area contributed by atoms with Gasteiger partial charge in [0, 0.05) is 38.6 Å². The van der Waals surface area contributed by atoms with Crippen LogP contribution in [0.5, 0.6) is 0 Å². The fourth-order valence-corrected chi connectivity index (χ4v) is 2.81. The first-order valence-electron chi connectivity index (χ1n) is 6.75. The van der Waals surface area contributed by atoms with Gasteiger partial charge in [-0.05, 0) is 31.6 Å². The Labute approximate surface area is 107 Å². The monoisotopic (exact) mass is 255 g/mol. The molecule has 0 radical (unpaired) electrons. The van der Waals surface area contributed by atoms with Crippen molar-refractivity contribution in [1.29, 1.82) is 0 Å². The Morgan fingerprint density at radius 1 is 1.11 bits per heavy atom. The van der Waals surface area contributed by atoms with Gasteiger partial charge in [0.1, 0.15) is 0 Å². The summed E-state index contributed by atoms with van der Waals surface area (Å²) in [5.41, 5.74) is 0. The van der Waals surface area contributed by atoms with E-state index in [1.54, 1.807) is 0 Å². The average Bonchev–Trinajstić information content (AvgIpc) is 2.39. The van der Waals surface area contributed by atoms with Gasteiger partial charge < -0.3 is 14.7 Å². The second kappa shape index (κ2) is 6.18. The minimum absolute atomic E-state index is 0.120.